The van der Waals surface area contributed by atoms with Crippen LogP contribution in [0.5, 0.6) is 0 Å². The van der Waals surface area contributed by atoms with Crippen LogP contribution in [0.3, 0.4) is 0 Å². The second kappa shape index (κ2) is 2.82. The van der Waals surface area contributed by atoms with Crippen LogP contribution in [0, 0.1) is 4.91 Å². The number of fused-ring (bicyclic) bond motifs is 1. The van der Waals surface area contributed by atoms with E-state index in [-0.39, 0.29) is 5.78 Å². The van der Waals surface area contributed by atoms with Gasteiger partial charge in [0.2, 0.25) is 0 Å². The van der Waals surface area contributed by atoms with Crippen molar-refractivity contribution in [2.45, 2.75) is 0 Å². The van der Waals surface area contributed by atoms with Crippen molar-refractivity contribution in [1.29, 1.82) is 0 Å². The van der Waals surface area contributed by atoms with Crippen molar-refractivity contribution in [2.75, 3.05) is 0 Å². The first kappa shape index (κ1) is 7.67. The molecule has 13 heavy (non-hydrogen) atoms. The van der Waals surface area contributed by atoms with Gasteiger partial charge in [-0.2, -0.15) is 0 Å². The fraction of sp³-hybridized carbons (Fsp3) is 0. The van der Waals surface area contributed by atoms with Crippen molar-refractivity contribution in [1.82, 2.24) is 5.43 Å². The smallest absolute Gasteiger partial charge is 0.263 e. The Kier molecular flexibility index (Phi) is 1.66. The summed E-state index contributed by atoms with van der Waals surface area (Å²) in [5.74, 6) is -0.197. The molecule has 1 aliphatic rings. The lowest BCUT2D eigenvalue weighted by molar-refractivity contribution is -0.533. The number of hydrogen-bond donors (Lipinski definition) is 0. The number of nitrogens with zero attached hydrogens (tertiary/aromatic N) is 2. The highest BCUT2D eigenvalue weighted by Crippen LogP contribution is 2.18. The molecule has 1 aromatic carbocycles. The van der Waals surface area contributed by atoms with E-state index < -0.39 is 0 Å². The van der Waals surface area contributed by atoms with Crippen LogP contribution in [0.25, 0.3) is 0 Å². The maximum Gasteiger partial charge on any atom is 0.263 e. The Hall–Kier alpha value is -1.97. The van der Waals surface area contributed by atoms with Crippen LogP contribution in [0.15, 0.2) is 36.5 Å². The Bertz CT molecular complexity index is 410. The van der Waals surface area contributed by atoms with E-state index in [4.69, 9.17) is 0 Å². The molecule has 0 N–H and O–H groups in total. The SMILES string of the molecule is O=C1C=C[N+](=O)[N]c2ccccc21. The summed E-state index contributed by atoms with van der Waals surface area (Å²) in [6.07, 6.45) is 2.31. The summed E-state index contributed by atoms with van der Waals surface area (Å²) in [6.45, 7) is 0. The molecule has 0 aliphatic carbocycles. The highest BCUT2D eigenvalue weighted by molar-refractivity contribution is 6.07. The number of carbonyl (C=O) groups is 1. The third kappa shape index (κ3) is 1.33. The second-order valence-corrected chi connectivity index (χ2v) is 2.60. The third-order valence-electron chi connectivity index (χ3n) is 1.73. The van der Waals surface area contributed by atoms with Gasteiger partial charge >= 0.3 is 0 Å². The van der Waals surface area contributed by atoms with Gasteiger partial charge in [-0.05, 0) is 12.1 Å². The number of allylic oxidation sites excluding steroid dienone is 1. The summed E-state index contributed by atoms with van der Waals surface area (Å²) in [7, 11) is 0. The molecule has 1 aromatic rings. The average Bonchev–Trinajstić information content (AvgIpc) is 2.27. The summed E-state index contributed by atoms with van der Waals surface area (Å²) in [4.78, 5) is 22.6. The quantitative estimate of drug-likeness (QED) is 0.557. The summed E-state index contributed by atoms with van der Waals surface area (Å²) >= 11 is 0. The summed E-state index contributed by atoms with van der Waals surface area (Å²) in [6, 6.07) is 6.74. The molecule has 0 saturated carbocycles. The Morgan fingerprint density at radius 3 is 2.85 bits per heavy atom. The van der Waals surface area contributed by atoms with Crippen molar-refractivity contribution in [3.8, 4) is 0 Å². The lowest BCUT2D eigenvalue weighted by Crippen LogP contribution is -2.07. The topological polar surface area (TPSA) is 51.2 Å². The average molecular weight is 174 g/mol. The molecule has 0 bridgehead atoms. The largest absolute Gasteiger partial charge is 0.289 e. The molecule has 4 heteroatoms. The summed E-state index contributed by atoms with van der Waals surface area (Å²) in [5.41, 5.74) is 4.53. The van der Waals surface area contributed by atoms with E-state index in [1.54, 1.807) is 24.3 Å². The molecule has 0 saturated heterocycles. The first-order chi connectivity index (χ1) is 6.27. The lowest BCUT2D eigenvalue weighted by atomic mass is 10.1. The van der Waals surface area contributed by atoms with E-state index in [0.29, 0.717) is 16.1 Å². The van der Waals surface area contributed by atoms with Crippen molar-refractivity contribution in [3.05, 3.63) is 47.0 Å². The standard InChI is InChI=1S/C9H6N2O2/c12-9-5-6-11(13)10-8-4-2-1-3-7(8)9/h1-6H/q+1. The van der Waals surface area contributed by atoms with E-state index >= 15 is 0 Å². The monoisotopic (exact) mass is 174 g/mol. The predicted molar refractivity (Wildman–Crippen MR) is 45.3 cm³/mol. The zero-order chi connectivity index (χ0) is 9.26. The lowest BCUT2D eigenvalue weighted by Gasteiger charge is -1.95. The number of ketones is 1. The van der Waals surface area contributed by atoms with Crippen LogP contribution in [-0.4, -0.2) is 10.7 Å². The van der Waals surface area contributed by atoms with Gasteiger partial charge in [-0.3, -0.25) is 4.79 Å². The minimum Gasteiger partial charge on any atom is -0.289 e. The van der Waals surface area contributed by atoms with E-state index in [9.17, 15) is 9.70 Å². The first-order valence-corrected chi connectivity index (χ1v) is 3.77. The van der Waals surface area contributed by atoms with Crippen molar-refractivity contribution in [3.63, 3.8) is 0 Å². The normalized spacial score (nSPS) is 14.8. The minimum atomic E-state index is -0.197. The Labute approximate surface area is 74.4 Å². The predicted octanol–water partition coefficient (Wildman–Crippen LogP) is 1.33. The molecule has 0 spiro atoms. The van der Waals surface area contributed by atoms with Gasteiger partial charge in [0.1, 0.15) is 5.69 Å². The Morgan fingerprint density at radius 2 is 2.00 bits per heavy atom. The Morgan fingerprint density at radius 1 is 1.23 bits per heavy atom. The van der Waals surface area contributed by atoms with Crippen molar-refractivity contribution in [2.24, 2.45) is 0 Å². The van der Waals surface area contributed by atoms with Crippen LogP contribution in [-0.2, 0) is 0 Å². The maximum atomic E-state index is 11.3. The molecule has 2 rings (SSSR count). The van der Waals surface area contributed by atoms with Gasteiger partial charge in [-0.1, -0.05) is 12.1 Å². The van der Waals surface area contributed by atoms with Crippen LogP contribution in [0.2, 0.25) is 0 Å². The summed E-state index contributed by atoms with van der Waals surface area (Å²) in [5, 5.41) is 0. The molecular weight excluding hydrogens is 168 g/mol. The first-order valence-electron chi connectivity index (χ1n) is 3.77. The number of nitroso groups, excluding NO2 is 1. The van der Waals surface area contributed by atoms with Gasteiger partial charge < -0.3 is 0 Å². The van der Waals surface area contributed by atoms with Crippen molar-refractivity contribution < 1.29 is 9.66 Å². The van der Waals surface area contributed by atoms with Crippen LogP contribution >= 0.6 is 0 Å². The van der Waals surface area contributed by atoms with Gasteiger partial charge in [0.15, 0.2) is 10.7 Å². The number of benzene rings is 1. The summed E-state index contributed by atoms with van der Waals surface area (Å²) < 4.78 is 0. The maximum absolute atomic E-state index is 11.3. The van der Waals surface area contributed by atoms with Gasteiger partial charge in [0, 0.05) is 0 Å². The number of hydrogen-bond acceptors (Lipinski definition) is 2. The number of rotatable bonds is 0. The molecule has 1 heterocycles. The second-order valence-electron chi connectivity index (χ2n) is 2.60. The van der Waals surface area contributed by atoms with Gasteiger partial charge in [0.05, 0.1) is 22.0 Å². The third-order valence-corrected chi connectivity index (χ3v) is 1.73. The molecule has 0 amide bonds. The molecule has 1 aliphatic heterocycles. The van der Waals surface area contributed by atoms with E-state index in [0.717, 1.165) is 6.20 Å². The molecule has 0 fully saturated rings. The van der Waals surface area contributed by atoms with Gasteiger partial charge in [-0.25, -0.2) is 0 Å². The zero-order valence-electron chi connectivity index (χ0n) is 6.68. The molecule has 0 unspecified atom stereocenters. The van der Waals surface area contributed by atoms with Crippen LogP contribution in [0.4, 0.5) is 5.69 Å². The molecule has 0 atom stereocenters. The molecule has 4 nitrogen and oxygen atoms in total. The molecular formula is C9H6N2O2+. The highest BCUT2D eigenvalue weighted by atomic mass is 16.3. The molecule has 0 aromatic heterocycles. The fourth-order valence-electron chi connectivity index (χ4n) is 1.13. The van der Waals surface area contributed by atoms with E-state index in [2.05, 4.69) is 5.43 Å². The van der Waals surface area contributed by atoms with Crippen LogP contribution in [0.1, 0.15) is 10.4 Å². The van der Waals surface area contributed by atoms with Gasteiger partial charge in [0.25, 0.3) is 6.20 Å². The minimum absolute atomic E-state index is 0.197. The van der Waals surface area contributed by atoms with E-state index in [1.165, 1.54) is 6.08 Å². The fourth-order valence-corrected chi connectivity index (χ4v) is 1.13. The van der Waals surface area contributed by atoms with Gasteiger partial charge in [-0.15, -0.1) is 0 Å². The highest BCUT2D eigenvalue weighted by Gasteiger charge is 2.20. The molecule has 63 valence electrons. The van der Waals surface area contributed by atoms with E-state index in [1.807, 2.05) is 0 Å². The van der Waals surface area contributed by atoms with Crippen molar-refractivity contribution >= 4 is 11.5 Å². The molecule has 1 radical (unpaired) electrons. The Balaban J connectivity index is 2.58. The number of carbonyl (C=O) groups excluding carboxylic acids is 1. The van der Waals surface area contributed by atoms with Crippen LogP contribution < -0.4 is 5.43 Å². The zero-order valence-corrected chi connectivity index (χ0v) is 6.68.